The van der Waals surface area contributed by atoms with E-state index in [1.807, 2.05) is 24.3 Å². The quantitative estimate of drug-likeness (QED) is 0.566. The summed E-state index contributed by atoms with van der Waals surface area (Å²) in [5.41, 5.74) is 0.0556. The zero-order valence-electron chi connectivity index (χ0n) is 18.7. The lowest BCUT2D eigenvalue weighted by molar-refractivity contribution is -0.131. The molecular formula is C25H21BrClNO6. The summed E-state index contributed by atoms with van der Waals surface area (Å²) in [5, 5.41) is 2.96. The number of hydrogen-bond donors (Lipinski definition) is 1. The first kappa shape index (κ1) is 22.9. The topological polar surface area (TPSA) is 90.9 Å². The molecule has 7 nitrogen and oxygen atoms in total. The molecule has 0 saturated heterocycles. The van der Waals surface area contributed by atoms with Gasteiger partial charge in [0, 0.05) is 40.1 Å². The Kier molecular flexibility index (Phi) is 5.48. The molecule has 176 valence electrons. The SMILES string of the molecule is COc1cc(OC)c2c(c1Cl)O[C@@]1(C(=O)C3=C(C[C@H]1C)NC(=O)C[C@H]3c1ccc(Br)cc1)C2=O. The highest BCUT2D eigenvalue weighted by Gasteiger charge is 2.63. The molecular weight excluding hydrogens is 526 g/mol. The zero-order chi connectivity index (χ0) is 24.4. The van der Waals surface area contributed by atoms with Crippen LogP contribution in [0.3, 0.4) is 0 Å². The molecule has 34 heavy (non-hydrogen) atoms. The number of ether oxygens (including phenoxy) is 3. The monoisotopic (exact) mass is 545 g/mol. The van der Waals surface area contributed by atoms with Gasteiger partial charge in [-0.3, -0.25) is 14.4 Å². The second-order valence-corrected chi connectivity index (χ2v) is 9.94. The first-order valence-corrected chi connectivity index (χ1v) is 11.9. The van der Waals surface area contributed by atoms with E-state index in [4.69, 9.17) is 25.8 Å². The molecule has 1 aliphatic carbocycles. The Morgan fingerprint density at radius 3 is 2.38 bits per heavy atom. The Morgan fingerprint density at radius 2 is 1.74 bits per heavy atom. The number of benzene rings is 2. The zero-order valence-corrected chi connectivity index (χ0v) is 21.0. The van der Waals surface area contributed by atoms with Crippen LogP contribution in [0.25, 0.3) is 0 Å². The van der Waals surface area contributed by atoms with E-state index in [-0.39, 0.29) is 46.6 Å². The number of carbonyl (C=O) groups is 3. The molecule has 0 unspecified atom stereocenters. The van der Waals surface area contributed by atoms with E-state index in [2.05, 4.69) is 21.2 Å². The predicted octanol–water partition coefficient (Wildman–Crippen LogP) is 4.60. The lowest BCUT2D eigenvalue weighted by atomic mass is 9.66. The number of nitrogens with one attached hydrogen (secondary N) is 1. The molecule has 5 rings (SSSR count). The lowest BCUT2D eigenvalue weighted by Crippen LogP contribution is -2.59. The van der Waals surface area contributed by atoms with Crippen LogP contribution >= 0.6 is 27.5 Å². The molecule has 2 aromatic rings. The predicted molar refractivity (Wildman–Crippen MR) is 128 cm³/mol. The Hall–Kier alpha value is -2.84. The molecule has 3 atom stereocenters. The van der Waals surface area contributed by atoms with E-state index < -0.39 is 29.0 Å². The number of ketones is 2. The number of allylic oxidation sites excluding steroid dienone is 1. The minimum atomic E-state index is -1.81. The van der Waals surface area contributed by atoms with Crippen LogP contribution in [0.2, 0.25) is 5.02 Å². The van der Waals surface area contributed by atoms with Gasteiger partial charge in [-0.05, 0) is 24.1 Å². The molecule has 1 amide bonds. The van der Waals surface area contributed by atoms with Crippen LogP contribution in [0, 0.1) is 5.92 Å². The van der Waals surface area contributed by atoms with Crippen molar-refractivity contribution in [1.82, 2.24) is 5.32 Å². The summed E-state index contributed by atoms with van der Waals surface area (Å²) in [4.78, 5) is 40.7. The molecule has 0 radical (unpaired) electrons. The van der Waals surface area contributed by atoms with Crippen molar-refractivity contribution in [3.05, 3.63) is 62.2 Å². The maximum atomic E-state index is 14.2. The summed E-state index contributed by atoms with van der Waals surface area (Å²) in [5.74, 6) is -1.62. The molecule has 1 spiro atoms. The molecule has 0 fully saturated rings. The van der Waals surface area contributed by atoms with Crippen LogP contribution in [-0.4, -0.2) is 37.3 Å². The van der Waals surface area contributed by atoms with E-state index in [1.165, 1.54) is 20.3 Å². The molecule has 9 heteroatoms. The third kappa shape index (κ3) is 3.11. The van der Waals surface area contributed by atoms with E-state index in [9.17, 15) is 14.4 Å². The average molecular weight is 547 g/mol. The summed E-state index contributed by atoms with van der Waals surface area (Å²) in [6, 6.07) is 8.96. The van der Waals surface area contributed by atoms with Gasteiger partial charge in [-0.2, -0.15) is 0 Å². The van der Waals surface area contributed by atoms with E-state index in [0.717, 1.165) is 10.0 Å². The van der Waals surface area contributed by atoms with Crippen LogP contribution in [0.1, 0.15) is 41.6 Å². The lowest BCUT2D eigenvalue weighted by Gasteiger charge is -2.41. The smallest absolute Gasteiger partial charge is 0.236 e. The molecule has 3 aliphatic rings. The summed E-state index contributed by atoms with van der Waals surface area (Å²) >= 11 is 9.92. The number of carbonyl (C=O) groups excluding carboxylic acids is 3. The molecule has 2 aliphatic heterocycles. The van der Waals surface area contributed by atoms with Crippen molar-refractivity contribution in [3.8, 4) is 17.2 Å². The average Bonchev–Trinajstić information content (AvgIpc) is 3.13. The Labute approximate surface area is 209 Å². The number of halogens is 2. The highest BCUT2D eigenvalue weighted by molar-refractivity contribution is 9.10. The van der Waals surface area contributed by atoms with Gasteiger partial charge in [0.15, 0.2) is 5.75 Å². The summed E-state index contributed by atoms with van der Waals surface area (Å²) in [7, 11) is 2.87. The van der Waals surface area contributed by atoms with Crippen LogP contribution in [0.5, 0.6) is 17.2 Å². The van der Waals surface area contributed by atoms with Gasteiger partial charge in [0.2, 0.25) is 23.1 Å². The fraction of sp³-hybridized carbons (Fsp3) is 0.320. The normalized spacial score (nSPS) is 25.6. The number of Topliss-reactive ketones (excluding diaryl/α,β-unsaturated/α-hetero) is 2. The molecule has 1 N–H and O–H groups in total. The first-order valence-electron chi connectivity index (χ1n) is 10.7. The van der Waals surface area contributed by atoms with Crippen LogP contribution in [-0.2, 0) is 9.59 Å². The molecule has 0 aromatic heterocycles. The fourth-order valence-electron chi connectivity index (χ4n) is 5.17. The third-order valence-corrected chi connectivity index (χ3v) is 7.72. The molecule has 2 aromatic carbocycles. The van der Waals surface area contributed by atoms with Crippen molar-refractivity contribution in [2.45, 2.75) is 31.3 Å². The van der Waals surface area contributed by atoms with Gasteiger partial charge >= 0.3 is 0 Å². The second kappa shape index (κ2) is 8.13. The number of fused-ring (bicyclic) bond motifs is 1. The van der Waals surface area contributed by atoms with Crippen molar-refractivity contribution < 1.29 is 28.6 Å². The Balaban J connectivity index is 1.67. The Bertz CT molecular complexity index is 1290. The van der Waals surface area contributed by atoms with Crippen molar-refractivity contribution >= 4 is 45.0 Å². The van der Waals surface area contributed by atoms with E-state index in [1.54, 1.807) is 6.92 Å². The number of hydrogen-bond acceptors (Lipinski definition) is 6. The van der Waals surface area contributed by atoms with Crippen molar-refractivity contribution in [2.24, 2.45) is 5.92 Å². The summed E-state index contributed by atoms with van der Waals surface area (Å²) < 4.78 is 17.8. The van der Waals surface area contributed by atoms with E-state index in [0.29, 0.717) is 11.3 Å². The van der Waals surface area contributed by atoms with Crippen molar-refractivity contribution in [2.75, 3.05) is 14.2 Å². The van der Waals surface area contributed by atoms with Gasteiger partial charge in [0.05, 0.1) is 14.2 Å². The number of methoxy groups -OCH3 is 2. The van der Waals surface area contributed by atoms with Crippen molar-refractivity contribution in [3.63, 3.8) is 0 Å². The minimum Gasteiger partial charge on any atom is -0.496 e. The maximum absolute atomic E-state index is 14.2. The van der Waals surface area contributed by atoms with Gasteiger partial charge in [0.25, 0.3) is 0 Å². The van der Waals surface area contributed by atoms with Crippen molar-refractivity contribution in [1.29, 1.82) is 0 Å². The molecule has 0 bridgehead atoms. The minimum absolute atomic E-state index is 0.0761. The standard InChI is InChI=1S/C25H21BrClNO6/c1-11-8-15-19(14(9-18(29)28-15)12-4-6-13(26)7-5-12)23(30)25(11)24(31)20-16(32-2)10-17(33-3)21(27)22(20)34-25/h4-7,10-11,14H,8-9H2,1-3H3,(H,28,29)/t11-,14+,25+/m1/s1. The third-order valence-electron chi connectivity index (χ3n) is 6.83. The highest BCUT2D eigenvalue weighted by Crippen LogP contribution is 2.55. The van der Waals surface area contributed by atoms with Gasteiger partial charge in [0.1, 0.15) is 22.1 Å². The van der Waals surface area contributed by atoms with Gasteiger partial charge < -0.3 is 19.5 Å². The Morgan fingerprint density at radius 1 is 1.06 bits per heavy atom. The number of rotatable bonds is 3. The largest absolute Gasteiger partial charge is 0.496 e. The highest BCUT2D eigenvalue weighted by atomic mass is 79.9. The summed E-state index contributed by atoms with van der Waals surface area (Å²) in [6.07, 6.45) is 0.381. The van der Waals surface area contributed by atoms with Crippen LogP contribution in [0.15, 0.2) is 46.1 Å². The fourth-order valence-corrected chi connectivity index (χ4v) is 5.70. The van der Waals surface area contributed by atoms with Gasteiger partial charge in [-0.15, -0.1) is 0 Å². The first-order chi connectivity index (χ1) is 16.2. The second-order valence-electron chi connectivity index (χ2n) is 8.65. The van der Waals surface area contributed by atoms with E-state index >= 15 is 0 Å². The number of amides is 1. The van der Waals surface area contributed by atoms with Gasteiger partial charge in [-0.25, -0.2) is 0 Å². The van der Waals surface area contributed by atoms with Gasteiger partial charge in [-0.1, -0.05) is 46.6 Å². The van der Waals surface area contributed by atoms with Crippen LogP contribution in [0.4, 0.5) is 0 Å². The van der Waals surface area contributed by atoms with Crippen LogP contribution < -0.4 is 19.5 Å². The summed E-state index contributed by atoms with van der Waals surface area (Å²) in [6.45, 7) is 1.76. The maximum Gasteiger partial charge on any atom is 0.236 e. The molecule has 0 saturated carbocycles. The molecule has 2 heterocycles.